The highest BCUT2D eigenvalue weighted by atomic mass is 19.4. The number of aliphatic hydroxyl groups is 2. The van der Waals surface area contributed by atoms with Gasteiger partial charge in [0, 0.05) is 0 Å². The number of halogens is 3. The first-order valence-electron chi connectivity index (χ1n) is 12.9. The predicted octanol–water partition coefficient (Wildman–Crippen LogP) is 7.27. The van der Waals surface area contributed by atoms with Gasteiger partial charge in [0.25, 0.3) is 0 Å². The Labute approximate surface area is 187 Å². The highest BCUT2D eigenvalue weighted by molar-refractivity contribution is 5.03. The van der Waals surface area contributed by atoms with Crippen molar-refractivity contribution in [1.82, 2.24) is 0 Å². The van der Waals surface area contributed by atoms with E-state index in [9.17, 15) is 23.4 Å². The van der Waals surface area contributed by atoms with E-state index in [1.807, 2.05) is 6.92 Å². The van der Waals surface area contributed by atoms with Crippen molar-refractivity contribution in [3.8, 4) is 0 Å². The van der Waals surface area contributed by atoms with E-state index in [4.69, 9.17) is 0 Å². The maximum absolute atomic E-state index is 12.6. The highest BCUT2D eigenvalue weighted by Crippen LogP contribution is 2.61. The summed E-state index contributed by atoms with van der Waals surface area (Å²) in [5, 5.41) is 20.0. The summed E-state index contributed by atoms with van der Waals surface area (Å²) in [7, 11) is 0. The molecule has 0 bridgehead atoms. The van der Waals surface area contributed by atoms with Gasteiger partial charge in [-0.1, -0.05) is 46.0 Å². The SMILES string of the molecule is CCCCC1C(C2CCC(CCCC(O)C(F)(F)F)C2)CCC2CC(C)(O)CCC21C. The number of fused-ring (bicyclic) bond motifs is 1. The second-order valence-corrected chi connectivity index (χ2v) is 11.8. The molecule has 0 saturated heterocycles. The molecule has 0 amide bonds. The van der Waals surface area contributed by atoms with Gasteiger partial charge in [0.1, 0.15) is 6.10 Å². The molecule has 3 saturated carbocycles. The second-order valence-electron chi connectivity index (χ2n) is 11.8. The monoisotopic (exact) mass is 446 g/mol. The summed E-state index contributed by atoms with van der Waals surface area (Å²) in [5.41, 5.74) is -0.180. The third kappa shape index (κ3) is 5.99. The molecule has 0 aromatic carbocycles. The first kappa shape index (κ1) is 25.3. The maximum Gasteiger partial charge on any atom is 0.414 e. The largest absolute Gasteiger partial charge is 0.414 e. The number of unbranched alkanes of at least 4 members (excludes halogenated alkanes) is 1. The topological polar surface area (TPSA) is 40.5 Å². The molecule has 3 rings (SSSR count). The van der Waals surface area contributed by atoms with E-state index in [0.29, 0.717) is 29.6 Å². The van der Waals surface area contributed by atoms with Gasteiger partial charge in [-0.05, 0) is 99.7 Å². The smallest absolute Gasteiger partial charge is 0.390 e. The van der Waals surface area contributed by atoms with Gasteiger partial charge in [0.15, 0.2) is 0 Å². The number of hydrogen-bond donors (Lipinski definition) is 2. The summed E-state index contributed by atoms with van der Waals surface area (Å²) in [5.74, 6) is 3.31. The van der Waals surface area contributed by atoms with Crippen LogP contribution in [0.15, 0.2) is 0 Å². The van der Waals surface area contributed by atoms with Gasteiger partial charge in [-0.3, -0.25) is 0 Å². The van der Waals surface area contributed by atoms with E-state index in [-0.39, 0.29) is 6.42 Å². The van der Waals surface area contributed by atoms with Crippen molar-refractivity contribution in [3.63, 3.8) is 0 Å². The number of rotatable bonds is 8. The van der Waals surface area contributed by atoms with Crippen molar-refractivity contribution < 1.29 is 23.4 Å². The molecule has 0 radical (unpaired) electrons. The molecular formula is C26H45F3O2. The lowest BCUT2D eigenvalue weighted by Crippen LogP contribution is -2.51. The lowest BCUT2D eigenvalue weighted by Gasteiger charge is -2.58. The molecule has 31 heavy (non-hydrogen) atoms. The normalized spacial score (nSPS) is 42.4. The molecule has 8 atom stereocenters. The fraction of sp³-hybridized carbons (Fsp3) is 1.00. The van der Waals surface area contributed by atoms with Gasteiger partial charge >= 0.3 is 6.18 Å². The summed E-state index contributed by atoms with van der Waals surface area (Å²) in [6, 6.07) is 0. The lowest BCUT2D eigenvalue weighted by atomic mass is 9.48. The zero-order valence-corrected chi connectivity index (χ0v) is 19.9. The van der Waals surface area contributed by atoms with Crippen molar-refractivity contribution in [2.45, 2.75) is 129 Å². The van der Waals surface area contributed by atoms with Gasteiger partial charge in [-0.2, -0.15) is 13.2 Å². The van der Waals surface area contributed by atoms with Crippen LogP contribution >= 0.6 is 0 Å². The molecule has 0 spiro atoms. The van der Waals surface area contributed by atoms with Gasteiger partial charge in [0.05, 0.1) is 5.60 Å². The van der Waals surface area contributed by atoms with Gasteiger partial charge in [-0.15, -0.1) is 0 Å². The molecule has 0 aromatic rings. The predicted molar refractivity (Wildman–Crippen MR) is 119 cm³/mol. The molecule has 0 aromatic heterocycles. The summed E-state index contributed by atoms with van der Waals surface area (Å²) in [6.45, 7) is 6.78. The molecule has 0 aliphatic heterocycles. The van der Waals surface area contributed by atoms with E-state index in [2.05, 4.69) is 13.8 Å². The molecule has 3 fully saturated rings. The third-order valence-corrected chi connectivity index (χ3v) is 9.56. The Balaban J connectivity index is 1.60. The van der Waals surface area contributed by atoms with E-state index in [1.54, 1.807) is 0 Å². The Morgan fingerprint density at radius 3 is 2.42 bits per heavy atom. The van der Waals surface area contributed by atoms with Crippen molar-refractivity contribution in [1.29, 1.82) is 0 Å². The van der Waals surface area contributed by atoms with Crippen LogP contribution < -0.4 is 0 Å². The Hall–Kier alpha value is -0.290. The molecule has 3 aliphatic rings. The summed E-state index contributed by atoms with van der Waals surface area (Å²) < 4.78 is 37.7. The van der Waals surface area contributed by atoms with Crippen LogP contribution in [0.2, 0.25) is 0 Å². The molecule has 2 N–H and O–H groups in total. The van der Waals surface area contributed by atoms with Gasteiger partial charge in [0.2, 0.25) is 0 Å². The van der Waals surface area contributed by atoms with E-state index in [0.717, 1.165) is 50.4 Å². The Kier molecular flexibility index (Phi) is 8.10. The number of alkyl halides is 3. The second kappa shape index (κ2) is 9.91. The Morgan fingerprint density at radius 1 is 1.00 bits per heavy atom. The van der Waals surface area contributed by atoms with Crippen LogP contribution in [-0.4, -0.2) is 28.1 Å². The molecule has 0 heterocycles. The van der Waals surface area contributed by atoms with Crippen LogP contribution in [-0.2, 0) is 0 Å². The number of hydrogen-bond acceptors (Lipinski definition) is 2. The highest BCUT2D eigenvalue weighted by Gasteiger charge is 2.54. The van der Waals surface area contributed by atoms with Crippen LogP contribution in [0.3, 0.4) is 0 Å². The lowest BCUT2D eigenvalue weighted by molar-refractivity contribution is -0.205. The number of aliphatic hydroxyl groups excluding tert-OH is 1. The minimum absolute atomic E-state index is 0.160. The summed E-state index contributed by atoms with van der Waals surface area (Å²) >= 11 is 0. The van der Waals surface area contributed by atoms with Gasteiger partial charge < -0.3 is 10.2 Å². The van der Waals surface area contributed by atoms with Crippen molar-refractivity contribution >= 4 is 0 Å². The van der Waals surface area contributed by atoms with E-state index >= 15 is 0 Å². The molecular weight excluding hydrogens is 401 g/mol. The van der Waals surface area contributed by atoms with Crippen LogP contribution in [0.5, 0.6) is 0 Å². The van der Waals surface area contributed by atoms with Gasteiger partial charge in [-0.25, -0.2) is 0 Å². The minimum Gasteiger partial charge on any atom is -0.390 e. The van der Waals surface area contributed by atoms with Crippen LogP contribution in [0, 0.1) is 35.0 Å². The summed E-state index contributed by atoms with van der Waals surface area (Å²) in [4.78, 5) is 0. The Morgan fingerprint density at radius 2 is 1.74 bits per heavy atom. The molecule has 2 nitrogen and oxygen atoms in total. The fourth-order valence-electron chi connectivity index (χ4n) is 7.67. The molecule has 182 valence electrons. The zero-order valence-electron chi connectivity index (χ0n) is 19.9. The van der Waals surface area contributed by atoms with E-state index in [1.165, 1.54) is 38.5 Å². The average molecular weight is 447 g/mol. The summed E-state index contributed by atoms with van der Waals surface area (Å²) in [6.07, 6.45) is 7.22. The quantitative estimate of drug-likeness (QED) is 0.411. The molecule has 8 unspecified atom stereocenters. The maximum atomic E-state index is 12.6. The standard InChI is InChI=1S/C26H45F3O2/c1-4-5-8-22-21(13-12-20-17-24(2,31)14-15-25(20,22)3)19-11-10-18(16-19)7-6-9-23(30)26(27,28)29/h18-23,30-31H,4-17H2,1-3H3. The molecule has 3 aliphatic carbocycles. The minimum atomic E-state index is -4.48. The van der Waals surface area contributed by atoms with Crippen molar-refractivity contribution in [2.24, 2.45) is 35.0 Å². The first-order valence-corrected chi connectivity index (χ1v) is 12.9. The zero-order chi connectivity index (χ0) is 22.9. The third-order valence-electron chi connectivity index (χ3n) is 9.56. The average Bonchev–Trinajstić information content (AvgIpc) is 3.14. The van der Waals surface area contributed by atoms with Crippen molar-refractivity contribution in [2.75, 3.05) is 0 Å². The van der Waals surface area contributed by atoms with Crippen LogP contribution in [0.4, 0.5) is 13.2 Å². The van der Waals surface area contributed by atoms with Crippen molar-refractivity contribution in [3.05, 3.63) is 0 Å². The van der Waals surface area contributed by atoms with Crippen LogP contribution in [0.25, 0.3) is 0 Å². The first-order chi connectivity index (χ1) is 14.5. The van der Waals surface area contributed by atoms with E-state index < -0.39 is 17.9 Å². The molecule has 5 heteroatoms. The fourth-order valence-corrected chi connectivity index (χ4v) is 7.67. The van der Waals surface area contributed by atoms with Crippen LogP contribution in [0.1, 0.15) is 111 Å². The Bertz CT molecular complexity index is 575.